The van der Waals surface area contributed by atoms with Gasteiger partial charge in [0.1, 0.15) is 11.5 Å². The number of imide groups is 1. The van der Waals surface area contributed by atoms with Crippen molar-refractivity contribution >= 4 is 23.6 Å². The monoisotopic (exact) mass is 417 g/mol. The van der Waals surface area contributed by atoms with Gasteiger partial charge in [0.05, 0.1) is 23.2 Å². The molecule has 0 unspecified atom stereocenters. The van der Waals surface area contributed by atoms with Gasteiger partial charge in [-0.2, -0.15) is 0 Å². The topological polar surface area (TPSA) is 109 Å². The number of fused-ring (bicyclic) bond motifs is 1. The molecule has 0 spiro atoms. The Kier molecular flexibility index (Phi) is 5.12. The summed E-state index contributed by atoms with van der Waals surface area (Å²) in [5.41, 5.74) is 6.66. The molecule has 3 aromatic rings. The number of carbonyl (C=O) groups excluding carboxylic acids is 4. The molecule has 0 bridgehead atoms. The second-order valence-electron chi connectivity index (χ2n) is 7.18. The van der Waals surface area contributed by atoms with E-state index in [1.54, 1.807) is 68.4 Å². The predicted molar refractivity (Wildman–Crippen MR) is 110 cm³/mol. The van der Waals surface area contributed by atoms with E-state index in [0.717, 1.165) is 4.90 Å². The maximum atomic E-state index is 12.5. The van der Waals surface area contributed by atoms with Crippen LogP contribution in [0.4, 0.5) is 0 Å². The van der Waals surface area contributed by atoms with E-state index in [0.29, 0.717) is 33.8 Å². The third-order valence-electron chi connectivity index (χ3n) is 4.98. The summed E-state index contributed by atoms with van der Waals surface area (Å²) in [6, 6.07) is 14.7. The van der Waals surface area contributed by atoms with Gasteiger partial charge in [-0.15, -0.1) is 0 Å². The largest absolute Gasteiger partial charge is 0.466 e. The lowest BCUT2D eigenvalue weighted by Gasteiger charge is -2.14. The first-order valence-electron chi connectivity index (χ1n) is 9.57. The molecule has 2 aromatic carbocycles. The van der Waals surface area contributed by atoms with Crippen LogP contribution < -0.4 is 10.9 Å². The van der Waals surface area contributed by atoms with E-state index in [-0.39, 0.29) is 23.9 Å². The Morgan fingerprint density at radius 2 is 1.52 bits per heavy atom. The van der Waals surface area contributed by atoms with Gasteiger partial charge < -0.3 is 4.42 Å². The van der Waals surface area contributed by atoms with Crippen LogP contribution >= 0.6 is 0 Å². The zero-order valence-corrected chi connectivity index (χ0v) is 16.9. The molecule has 0 saturated heterocycles. The molecular weight excluding hydrogens is 398 g/mol. The highest BCUT2D eigenvalue weighted by molar-refractivity contribution is 6.21. The second-order valence-corrected chi connectivity index (χ2v) is 7.18. The fraction of sp³-hybridized carbons (Fsp3) is 0.130. The molecule has 0 atom stereocenters. The van der Waals surface area contributed by atoms with Crippen LogP contribution in [0, 0.1) is 13.8 Å². The van der Waals surface area contributed by atoms with Crippen molar-refractivity contribution in [3.8, 4) is 0 Å². The number of hydrogen-bond donors (Lipinski definition) is 2. The summed E-state index contributed by atoms with van der Waals surface area (Å²) < 4.78 is 5.31. The van der Waals surface area contributed by atoms with Crippen molar-refractivity contribution in [3.63, 3.8) is 0 Å². The Morgan fingerprint density at radius 3 is 2.13 bits per heavy atom. The van der Waals surface area contributed by atoms with Crippen molar-refractivity contribution < 1.29 is 23.6 Å². The highest BCUT2D eigenvalue weighted by Gasteiger charge is 2.35. The molecule has 156 valence electrons. The van der Waals surface area contributed by atoms with E-state index in [1.807, 2.05) is 0 Å². The molecule has 1 aromatic heterocycles. The number of hydrogen-bond acceptors (Lipinski definition) is 5. The van der Waals surface area contributed by atoms with E-state index in [9.17, 15) is 19.2 Å². The summed E-state index contributed by atoms with van der Waals surface area (Å²) in [4.78, 5) is 50.9. The molecule has 31 heavy (non-hydrogen) atoms. The molecule has 4 amide bonds. The summed E-state index contributed by atoms with van der Waals surface area (Å²) in [6.07, 6.45) is 0. The molecule has 1 aliphatic heterocycles. The predicted octanol–water partition coefficient (Wildman–Crippen LogP) is 2.77. The zero-order valence-electron chi connectivity index (χ0n) is 16.9. The van der Waals surface area contributed by atoms with Gasteiger partial charge >= 0.3 is 0 Å². The third-order valence-corrected chi connectivity index (χ3v) is 4.98. The van der Waals surface area contributed by atoms with Gasteiger partial charge in [0.2, 0.25) is 0 Å². The molecule has 0 saturated carbocycles. The van der Waals surface area contributed by atoms with Crippen molar-refractivity contribution in [2.24, 2.45) is 0 Å². The smallest absolute Gasteiger partial charge is 0.273 e. The molecule has 1 aliphatic rings. The second kappa shape index (κ2) is 7.91. The minimum absolute atomic E-state index is 0.0350. The Hall–Kier alpha value is -4.20. The molecule has 4 rings (SSSR count). The summed E-state index contributed by atoms with van der Waals surface area (Å²) in [7, 11) is 0. The third kappa shape index (κ3) is 3.83. The Balaban J connectivity index is 1.43. The van der Waals surface area contributed by atoms with E-state index in [4.69, 9.17) is 4.42 Å². The first-order valence-corrected chi connectivity index (χ1v) is 9.57. The van der Waals surface area contributed by atoms with Crippen molar-refractivity contribution in [3.05, 3.63) is 93.9 Å². The molecule has 2 heterocycles. The fourth-order valence-corrected chi connectivity index (χ4v) is 3.49. The lowest BCUT2D eigenvalue weighted by molar-refractivity contribution is 0.0642. The molecule has 0 fully saturated rings. The Morgan fingerprint density at radius 1 is 0.871 bits per heavy atom. The van der Waals surface area contributed by atoms with Gasteiger partial charge in [-0.05, 0) is 49.7 Å². The van der Waals surface area contributed by atoms with Crippen LogP contribution in [0.3, 0.4) is 0 Å². The normalized spacial score (nSPS) is 12.6. The van der Waals surface area contributed by atoms with Crippen LogP contribution in [0.2, 0.25) is 0 Å². The molecule has 8 heteroatoms. The number of rotatable bonds is 4. The van der Waals surface area contributed by atoms with Gasteiger partial charge in [0.25, 0.3) is 23.6 Å². The van der Waals surface area contributed by atoms with Gasteiger partial charge in [-0.1, -0.05) is 24.3 Å². The summed E-state index contributed by atoms with van der Waals surface area (Å²) in [6.45, 7) is 3.42. The summed E-state index contributed by atoms with van der Waals surface area (Å²) in [5.74, 6) is -0.718. The average molecular weight is 417 g/mol. The van der Waals surface area contributed by atoms with Gasteiger partial charge in [-0.3, -0.25) is 34.9 Å². The fourth-order valence-electron chi connectivity index (χ4n) is 3.49. The number of carbonyl (C=O) groups is 4. The molecular formula is C23H19N3O5. The number of hydrazine groups is 1. The molecule has 8 nitrogen and oxygen atoms in total. The lowest BCUT2D eigenvalue weighted by atomic mass is 10.1. The minimum Gasteiger partial charge on any atom is -0.466 e. The van der Waals surface area contributed by atoms with Crippen molar-refractivity contribution in [2.45, 2.75) is 20.4 Å². The number of benzene rings is 2. The first-order chi connectivity index (χ1) is 14.8. The number of furan rings is 1. The molecule has 0 radical (unpaired) electrons. The van der Waals surface area contributed by atoms with Crippen LogP contribution in [0.15, 0.2) is 59.0 Å². The highest BCUT2D eigenvalue weighted by atomic mass is 16.3. The van der Waals surface area contributed by atoms with Crippen LogP contribution in [0.5, 0.6) is 0 Å². The quantitative estimate of drug-likeness (QED) is 0.501. The van der Waals surface area contributed by atoms with E-state index in [2.05, 4.69) is 10.9 Å². The van der Waals surface area contributed by atoms with E-state index >= 15 is 0 Å². The average Bonchev–Trinajstić information content (AvgIpc) is 3.23. The van der Waals surface area contributed by atoms with Crippen LogP contribution in [0.1, 0.15) is 58.5 Å². The summed E-state index contributed by atoms with van der Waals surface area (Å²) >= 11 is 0. The maximum absolute atomic E-state index is 12.5. The van der Waals surface area contributed by atoms with Crippen molar-refractivity contribution in [1.82, 2.24) is 15.8 Å². The van der Waals surface area contributed by atoms with Crippen LogP contribution in [-0.4, -0.2) is 28.5 Å². The number of nitrogens with zero attached hydrogens (tertiary/aromatic N) is 1. The van der Waals surface area contributed by atoms with Crippen LogP contribution in [-0.2, 0) is 6.54 Å². The van der Waals surface area contributed by atoms with Crippen molar-refractivity contribution in [2.75, 3.05) is 0 Å². The molecule has 2 N–H and O–H groups in total. The minimum atomic E-state index is -0.532. The van der Waals surface area contributed by atoms with Crippen LogP contribution in [0.25, 0.3) is 0 Å². The SMILES string of the molecule is Cc1cc(C(=O)NNC(=O)c2cccc(CN3C(=O)c4ccccc4C3=O)c2)c(C)o1. The number of amides is 4. The standard InChI is InChI=1S/C23H19N3O5/c1-13-10-19(14(2)31-13)21(28)25-24-20(27)16-7-5-6-15(11-16)12-26-22(29)17-8-3-4-9-18(17)23(26)30/h3-11H,12H2,1-2H3,(H,24,27)(H,25,28). The number of nitrogens with one attached hydrogen (secondary N) is 2. The summed E-state index contributed by atoms with van der Waals surface area (Å²) in [5, 5.41) is 0. The highest BCUT2D eigenvalue weighted by Crippen LogP contribution is 2.24. The van der Waals surface area contributed by atoms with Gasteiger partial charge in [0.15, 0.2) is 0 Å². The van der Waals surface area contributed by atoms with Gasteiger partial charge in [-0.25, -0.2) is 0 Å². The maximum Gasteiger partial charge on any atom is 0.273 e. The number of aryl methyl sites for hydroxylation is 2. The van der Waals surface area contributed by atoms with E-state index in [1.165, 1.54) is 0 Å². The lowest BCUT2D eigenvalue weighted by Crippen LogP contribution is -2.41. The zero-order chi connectivity index (χ0) is 22.1. The van der Waals surface area contributed by atoms with E-state index < -0.39 is 11.8 Å². The molecule has 0 aliphatic carbocycles. The van der Waals surface area contributed by atoms with Gasteiger partial charge in [0, 0.05) is 5.56 Å². The first kappa shape index (κ1) is 20.1. The Labute approximate surface area is 177 Å². The van der Waals surface area contributed by atoms with Crippen molar-refractivity contribution in [1.29, 1.82) is 0 Å². The Bertz CT molecular complexity index is 1190.